The van der Waals surface area contributed by atoms with Gasteiger partial charge in [-0.15, -0.1) is 11.3 Å². The Kier molecular flexibility index (Phi) is 4.48. The Morgan fingerprint density at radius 1 is 1.40 bits per heavy atom. The van der Waals surface area contributed by atoms with Crippen molar-refractivity contribution in [1.29, 1.82) is 0 Å². The van der Waals surface area contributed by atoms with Gasteiger partial charge in [0.05, 0.1) is 20.3 Å². The topological polar surface area (TPSA) is 51.7 Å². The van der Waals surface area contributed by atoms with E-state index in [-0.39, 0.29) is 11.3 Å². The van der Waals surface area contributed by atoms with E-state index in [0.717, 1.165) is 53.8 Å². The number of carbonyl (C=O) groups is 1. The van der Waals surface area contributed by atoms with Gasteiger partial charge in [-0.25, -0.2) is 4.98 Å². The summed E-state index contributed by atoms with van der Waals surface area (Å²) in [5.41, 5.74) is 1.22. The van der Waals surface area contributed by atoms with E-state index in [1.807, 2.05) is 35.4 Å². The minimum atomic E-state index is 0.175. The third kappa shape index (κ3) is 3.41. The van der Waals surface area contributed by atoms with Crippen LogP contribution < -0.4 is 4.74 Å². The number of methoxy groups -OCH3 is 1. The number of piperidine rings is 1. The van der Waals surface area contributed by atoms with Gasteiger partial charge >= 0.3 is 0 Å². The van der Waals surface area contributed by atoms with Gasteiger partial charge in [-0.05, 0) is 25.0 Å². The van der Waals surface area contributed by atoms with Crippen molar-refractivity contribution in [2.75, 3.05) is 26.9 Å². The minimum absolute atomic E-state index is 0.175. The number of aromatic nitrogens is 1. The molecule has 0 saturated carbocycles. The molecule has 0 bridgehead atoms. The van der Waals surface area contributed by atoms with Crippen molar-refractivity contribution in [3.63, 3.8) is 0 Å². The van der Waals surface area contributed by atoms with Crippen LogP contribution in [0.1, 0.15) is 24.1 Å². The van der Waals surface area contributed by atoms with Crippen LogP contribution in [0.25, 0.3) is 10.6 Å². The maximum absolute atomic E-state index is 12.4. The first-order valence-corrected chi connectivity index (χ1v) is 9.44. The molecule has 0 unspecified atom stereocenters. The zero-order chi connectivity index (χ0) is 17.3. The van der Waals surface area contributed by atoms with E-state index in [4.69, 9.17) is 9.47 Å². The van der Waals surface area contributed by atoms with Crippen molar-refractivity contribution in [2.45, 2.75) is 25.8 Å². The van der Waals surface area contributed by atoms with Crippen molar-refractivity contribution in [2.24, 2.45) is 5.41 Å². The van der Waals surface area contributed by atoms with Crippen LogP contribution in [0.5, 0.6) is 5.75 Å². The van der Waals surface area contributed by atoms with Gasteiger partial charge in [0.1, 0.15) is 10.8 Å². The summed E-state index contributed by atoms with van der Waals surface area (Å²) >= 11 is 1.64. The first-order valence-electron chi connectivity index (χ1n) is 8.62. The fourth-order valence-corrected chi connectivity index (χ4v) is 4.60. The van der Waals surface area contributed by atoms with E-state index in [2.05, 4.69) is 4.98 Å². The summed E-state index contributed by atoms with van der Waals surface area (Å²) in [5, 5.41) is 0.956. The number of hydrogen-bond donors (Lipinski definition) is 0. The van der Waals surface area contributed by atoms with Gasteiger partial charge < -0.3 is 14.4 Å². The quantitative estimate of drug-likeness (QED) is 0.841. The number of thiazole rings is 1. The standard InChI is InChI=1S/C19H22N2O3S/c1-23-15-4-2-3-14(9-15)18-20-10-16(25-18)11-21-12-19(6-5-17(21)22)7-8-24-13-19/h2-4,9-10H,5-8,11-13H2,1H3/t19-/m0/s1. The molecule has 0 N–H and O–H groups in total. The van der Waals surface area contributed by atoms with Gasteiger partial charge in [-0.1, -0.05) is 12.1 Å². The smallest absolute Gasteiger partial charge is 0.222 e. The lowest BCUT2D eigenvalue weighted by atomic mass is 9.79. The summed E-state index contributed by atoms with van der Waals surface area (Å²) in [4.78, 5) is 20.0. The second-order valence-electron chi connectivity index (χ2n) is 6.92. The lowest BCUT2D eigenvalue weighted by molar-refractivity contribution is -0.138. The van der Waals surface area contributed by atoms with Gasteiger partial charge in [0.15, 0.2) is 0 Å². The molecular weight excluding hydrogens is 336 g/mol. The lowest BCUT2D eigenvalue weighted by Crippen LogP contribution is -2.46. The summed E-state index contributed by atoms with van der Waals surface area (Å²) in [6.45, 7) is 3.05. The van der Waals surface area contributed by atoms with Gasteiger partial charge in [0.2, 0.25) is 5.91 Å². The minimum Gasteiger partial charge on any atom is -0.497 e. The van der Waals surface area contributed by atoms with Crippen molar-refractivity contribution < 1.29 is 14.3 Å². The number of ether oxygens (including phenoxy) is 2. The van der Waals surface area contributed by atoms with Crippen molar-refractivity contribution >= 4 is 17.2 Å². The van der Waals surface area contributed by atoms with Crippen LogP contribution in [0.4, 0.5) is 0 Å². The Balaban J connectivity index is 1.49. The molecule has 2 aromatic rings. The van der Waals surface area contributed by atoms with E-state index >= 15 is 0 Å². The second-order valence-corrected chi connectivity index (χ2v) is 8.03. The number of rotatable bonds is 4. The average Bonchev–Trinajstić information content (AvgIpc) is 3.29. The molecule has 3 heterocycles. The van der Waals surface area contributed by atoms with E-state index in [0.29, 0.717) is 13.0 Å². The molecule has 132 valence electrons. The van der Waals surface area contributed by atoms with Gasteiger partial charge in [-0.3, -0.25) is 4.79 Å². The van der Waals surface area contributed by atoms with Crippen LogP contribution in [-0.2, 0) is 16.1 Å². The van der Waals surface area contributed by atoms with Crippen LogP contribution in [0, 0.1) is 5.41 Å². The van der Waals surface area contributed by atoms with E-state index < -0.39 is 0 Å². The van der Waals surface area contributed by atoms with E-state index in [9.17, 15) is 4.79 Å². The first-order chi connectivity index (χ1) is 12.2. The molecule has 1 aromatic carbocycles. The molecule has 2 fully saturated rings. The number of hydrogen-bond acceptors (Lipinski definition) is 5. The normalized spacial score (nSPS) is 23.4. The number of likely N-dealkylation sites (tertiary alicyclic amines) is 1. The second kappa shape index (κ2) is 6.77. The van der Waals surface area contributed by atoms with Gasteiger partial charge in [0.25, 0.3) is 0 Å². The molecule has 6 heteroatoms. The molecule has 0 aliphatic carbocycles. The predicted octanol–water partition coefficient (Wildman–Crippen LogP) is 3.35. The monoisotopic (exact) mass is 358 g/mol. The van der Waals surface area contributed by atoms with Gasteiger partial charge in [0, 0.05) is 41.6 Å². The molecule has 2 aliphatic rings. The van der Waals surface area contributed by atoms with Gasteiger partial charge in [-0.2, -0.15) is 0 Å². The highest BCUT2D eigenvalue weighted by molar-refractivity contribution is 7.15. The largest absolute Gasteiger partial charge is 0.497 e. The Hall–Kier alpha value is -1.92. The number of carbonyl (C=O) groups excluding carboxylic acids is 1. The molecule has 25 heavy (non-hydrogen) atoms. The number of amides is 1. The van der Waals surface area contributed by atoms with Crippen LogP contribution in [0.15, 0.2) is 30.5 Å². The molecule has 1 atom stereocenters. The third-order valence-electron chi connectivity index (χ3n) is 5.15. The fraction of sp³-hybridized carbons (Fsp3) is 0.474. The molecule has 0 radical (unpaired) electrons. The molecule has 2 saturated heterocycles. The third-order valence-corrected chi connectivity index (χ3v) is 6.18. The van der Waals surface area contributed by atoms with Crippen molar-refractivity contribution in [3.8, 4) is 16.3 Å². The molecule has 5 nitrogen and oxygen atoms in total. The maximum Gasteiger partial charge on any atom is 0.222 e. The Morgan fingerprint density at radius 2 is 2.32 bits per heavy atom. The van der Waals surface area contributed by atoms with E-state index in [1.54, 1.807) is 18.4 Å². The highest BCUT2D eigenvalue weighted by Crippen LogP contribution is 2.39. The SMILES string of the molecule is COc1cccc(-c2ncc(CN3C[C@@]4(CCOC4)CCC3=O)s2)c1. The summed E-state index contributed by atoms with van der Waals surface area (Å²) < 4.78 is 10.9. The average molecular weight is 358 g/mol. The molecule has 1 aromatic heterocycles. The highest BCUT2D eigenvalue weighted by atomic mass is 32.1. The predicted molar refractivity (Wildman–Crippen MR) is 96.6 cm³/mol. The molecule has 1 spiro atoms. The Morgan fingerprint density at radius 3 is 3.12 bits per heavy atom. The van der Waals surface area contributed by atoms with Crippen LogP contribution in [0.3, 0.4) is 0 Å². The summed E-state index contributed by atoms with van der Waals surface area (Å²) in [6.07, 6.45) is 4.54. The first kappa shape index (κ1) is 16.5. The van der Waals surface area contributed by atoms with Crippen LogP contribution >= 0.6 is 11.3 Å². The highest BCUT2D eigenvalue weighted by Gasteiger charge is 2.41. The number of nitrogens with zero attached hydrogens (tertiary/aromatic N) is 2. The molecule has 2 aliphatic heterocycles. The Labute approximate surface area is 151 Å². The Bertz CT molecular complexity index is 768. The summed E-state index contributed by atoms with van der Waals surface area (Å²) in [7, 11) is 1.66. The summed E-state index contributed by atoms with van der Waals surface area (Å²) in [6, 6.07) is 7.91. The van der Waals surface area contributed by atoms with E-state index in [1.165, 1.54) is 0 Å². The molecule has 4 rings (SSSR count). The maximum atomic E-state index is 12.4. The lowest BCUT2D eigenvalue weighted by Gasteiger charge is -2.39. The molecule has 1 amide bonds. The fourth-order valence-electron chi connectivity index (χ4n) is 3.68. The number of benzene rings is 1. The zero-order valence-corrected chi connectivity index (χ0v) is 15.2. The van der Waals surface area contributed by atoms with Crippen LogP contribution in [0.2, 0.25) is 0 Å². The zero-order valence-electron chi connectivity index (χ0n) is 14.4. The van der Waals surface area contributed by atoms with Crippen molar-refractivity contribution in [1.82, 2.24) is 9.88 Å². The summed E-state index contributed by atoms with van der Waals surface area (Å²) in [5.74, 6) is 1.07. The van der Waals surface area contributed by atoms with Crippen LogP contribution in [-0.4, -0.2) is 42.7 Å². The molecular formula is C19H22N2O3S. The van der Waals surface area contributed by atoms with Crippen molar-refractivity contribution in [3.05, 3.63) is 35.3 Å².